The second-order valence-corrected chi connectivity index (χ2v) is 9.35. The molecule has 0 radical (unpaired) electrons. The van der Waals surface area contributed by atoms with Crippen LogP contribution in [0.2, 0.25) is 0 Å². The van der Waals surface area contributed by atoms with Gasteiger partial charge in [0.15, 0.2) is 0 Å². The van der Waals surface area contributed by atoms with Gasteiger partial charge in [0, 0.05) is 55.6 Å². The predicted molar refractivity (Wildman–Crippen MR) is 134 cm³/mol. The number of aryl methyl sites for hydroxylation is 1. The number of aromatic amines is 1. The third-order valence-electron chi connectivity index (χ3n) is 6.74. The highest BCUT2D eigenvalue weighted by Crippen LogP contribution is 2.36. The number of piperazine rings is 1. The van der Waals surface area contributed by atoms with Crippen LogP contribution in [-0.2, 0) is 11.2 Å². The number of benzene rings is 2. The van der Waals surface area contributed by atoms with Gasteiger partial charge in [0.25, 0.3) is 0 Å². The number of amides is 1. The van der Waals surface area contributed by atoms with Crippen molar-refractivity contribution in [2.45, 2.75) is 25.7 Å². The van der Waals surface area contributed by atoms with Gasteiger partial charge in [0.2, 0.25) is 5.91 Å². The molecule has 1 saturated heterocycles. The molecule has 0 spiro atoms. The molecule has 1 amide bonds. The fraction of sp³-hybridized carbons (Fsp3) is 0.296. The summed E-state index contributed by atoms with van der Waals surface area (Å²) in [5, 5.41) is 5.42. The highest BCUT2D eigenvalue weighted by molar-refractivity contribution is 7.08. The quantitative estimate of drug-likeness (QED) is 0.394. The lowest BCUT2D eigenvalue weighted by atomic mass is 9.89. The lowest BCUT2D eigenvalue weighted by Crippen LogP contribution is -2.49. The molecule has 1 fully saturated rings. The van der Waals surface area contributed by atoms with Crippen LogP contribution in [0.15, 0.2) is 65.5 Å². The van der Waals surface area contributed by atoms with E-state index in [1.165, 1.54) is 33.7 Å². The Balaban J connectivity index is 1.35. The van der Waals surface area contributed by atoms with E-state index in [1.54, 1.807) is 23.5 Å². The molecule has 0 bridgehead atoms. The van der Waals surface area contributed by atoms with Crippen molar-refractivity contribution in [1.29, 1.82) is 0 Å². The highest BCUT2D eigenvalue weighted by atomic mass is 32.1. The van der Waals surface area contributed by atoms with E-state index in [0.29, 0.717) is 38.3 Å². The van der Waals surface area contributed by atoms with Gasteiger partial charge in [-0.15, -0.1) is 0 Å². The van der Waals surface area contributed by atoms with Crippen LogP contribution in [0, 0.1) is 5.82 Å². The van der Waals surface area contributed by atoms with Crippen LogP contribution in [-0.4, -0.2) is 42.0 Å². The molecule has 0 aliphatic carbocycles. The minimum Gasteiger partial charge on any atom is -0.366 e. The summed E-state index contributed by atoms with van der Waals surface area (Å²) in [7, 11) is 0. The van der Waals surface area contributed by atoms with Crippen molar-refractivity contribution < 1.29 is 9.18 Å². The van der Waals surface area contributed by atoms with Crippen LogP contribution in [0.3, 0.4) is 0 Å². The van der Waals surface area contributed by atoms with Crippen molar-refractivity contribution in [1.82, 2.24) is 9.88 Å². The average molecular weight is 462 g/mol. The van der Waals surface area contributed by atoms with Gasteiger partial charge >= 0.3 is 0 Å². The molecule has 33 heavy (non-hydrogen) atoms. The maximum absolute atomic E-state index is 14.2. The van der Waals surface area contributed by atoms with Crippen LogP contribution in [0.5, 0.6) is 0 Å². The fourth-order valence-electron chi connectivity index (χ4n) is 4.91. The summed E-state index contributed by atoms with van der Waals surface area (Å²) in [4.78, 5) is 20.8. The van der Waals surface area contributed by atoms with Gasteiger partial charge < -0.3 is 14.8 Å². The molecule has 0 saturated carbocycles. The van der Waals surface area contributed by atoms with Gasteiger partial charge in [-0.25, -0.2) is 4.39 Å². The molecule has 170 valence electrons. The van der Waals surface area contributed by atoms with Crippen molar-refractivity contribution in [3.05, 3.63) is 88.0 Å². The van der Waals surface area contributed by atoms with Gasteiger partial charge in [-0.1, -0.05) is 37.3 Å². The Morgan fingerprint density at radius 1 is 1.09 bits per heavy atom. The lowest BCUT2D eigenvalue weighted by molar-refractivity contribution is -0.131. The zero-order valence-corrected chi connectivity index (χ0v) is 19.6. The molecule has 1 N–H and O–H groups in total. The molecule has 4 aromatic rings. The first-order valence-corrected chi connectivity index (χ1v) is 12.5. The highest BCUT2D eigenvalue weighted by Gasteiger charge is 2.27. The number of carbonyl (C=O) groups excluding carboxylic acids is 1. The average Bonchev–Trinajstić information content (AvgIpc) is 3.53. The number of fused-ring (bicyclic) bond motifs is 1. The molecule has 2 aromatic heterocycles. The summed E-state index contributed by atoms with van der Waals surface area (Å²) in [5.74, 6) is -0.0461. The largest absolute Gasteiger partial charge is 0.366 e. The molecule has 1 unspecified atom stereocenters. The predicted octanol–water partition coefficient (Wildman–Crippen LogP) is 5.80. The third kappa shape index (κ3) is 4.27. The van der Waals surface area contributed by atoms with Crippen molar-refractivity contribution >= 4 is 33.8 Å². The second-order valence-electron chi connectivity index (χ2n) is 8.57. The maximum Gasteiger partial charge on any atom is 0.223 e. The van der Waals surface area contributed by atoms with Crippen LogP contribution in [0.1, 0.15) is 36.0 Å². The first-order valence-electron chi connectivity index (χ1n) is 11.5. The van der Waals surface area contributed by atoms with Crippen molar-refractivity contribution in [3.8, 4) is 0 Å². The van der Waals surface area contributed by atoms with Gasteiger partial charge in [0.1, 0.15) is 5.82 Å². The Bertz CT molecular complexity index is 1240. The summed E-state index contributed by atoms with van der Waals surface area (Å²) < 4.78 is 14.2. The summed E-state index contributed by atoms with van der Waals surface area (Å²) in [6.07, 6.45) is 3.47. The fourth-order valence-corrected chi connectivity index (χ4v) is 5.63. The number of halogens is 1. The lowest BCUT2D eigenvalue weighted by Gasteiger charge is -2.36. The summed E-state index contributed by atoms with van der Waals surface area (Å²) in [5.41, 5.74) is 5.43. The van der Waals surface area contributed by atoms with Crippen molar-refractivity contribution in [3.63, 3.8) is 0 Å². The number of nitrogens with one attached hydrogen (secondary N) is 1. The van der Waals surface area contributed by atoms with Gasteiger partial charge in [-0.05, 0) is 52.1 Å². The number of H-pyrrole nitrogens is 1. The number of carbonyl (C=O) groups is 1. The van der Waals surface area contributed by atoms with Crippen LogP contribution in [0.4, 0.5) is 10.1 Å². The van der Waals surface area contributed by atoms with E-state index in [1.807, 2.05) is 15.9 Å². The van der Waals surface area contributed by atoms with Crippen LogP contribution < -0.4 is 4.90 Å². The summed E-state index contributed by atoms with van der Waals surface area (Å²) in [6, 6.07) is 15.4. The third-order valence-corrected chi connectivity index (χ3v) is 7.44. The number of para-hydroxylation sites is 2. The number of rotatable bonds is 6. The Kier molecular flexibility index (Phi) is 6.18. The Morgan fingerprint density at radius 3 is 2.64 bits per heavy atom. The molecule has 6 heteroatoms. The second kappa shape index (κ2) is 9.40. The SMILES string of the molecule is CCc1cccc2c(C(CC(=O)N3CCN(c4ccccc4F)CC3)c3ccsc3)c[nH]c12. The molecule has 1 aliphatic rings. The molecular weight excluding hydrogens is 433 g/mol. The first kappa shape index (κ1) is 21.7. The van der Waals surface area contributed by atoms with Crippen LogP contribution >= 0.6 is 11.3 Å². The smallest absolute Gasteiger partial charge is 0.223 e. The Labute approximate surface area is 197 Å². The molecular formula is C27H28FN3OS. The first-order chi connectivity index (χ1) is 16.2. The van der Waals surface area contributed by atoms with E-state index in [0.717, 1.165) is 6.42 Å². The topological polar surface area (TPSA) is 39.3 Å². The number of anilines is 1. The van der Waals surface area contributed by atoms with E-state index in [4.69, 9.17) is 0 Å². The minimum atomic E-state index is -0.208. The summed E-state index contributed by atoms with van der Waals surface area (Å²) in [6.45, 7) is 4.66. The standard InChI is InChI=1S/C27H28FN3OS/c1-2-19-6-5-7-21-23(17-29-27(19)21)22(20-10-15-33-18-20)16-26(32)31-13-11-30(12-14-31)25-9-4-3-8-24(25)28/h3-10,15,17-18,22,29H,2,11-14,16H2,1H3. The number of aromatic nitrogens is 1. The number of hydrogen-bond acceptors (Lipinski definition) is 3. The van der Waals surface area contributed by atoms with E-state index in [9.17, 15) is 9.18 Å². The van der Waals surface area contributed by atoms with Gasteiger partial charge in [-0.3, -0.25) is 4.79 Å². The number of thiophene rings is 1. The molecule has 5 rings (SSSR count). The van der Waals surface area contributed by atoms with Gasteiger partial charge in [0.05, 0.1) is 5.69 Å². The van der Waals surface area contributed by atoms with Gasteiger partial charge in [-0.2, -0.15) is 11.3 Å². The monoisotopic (exact) mass is 461 g/mol. The Hall–Kier alpha value is -3.12. The summed E-state index contributed by atoms with van der Waals surface area (Å²) >= 11 is 1.66. The van der Waals surface area contributed by atoms with E-state index in [-0.39, 0.29) is 17.6 Å². The van der Waals surface area contributed by atoms with E-state index < -0.39 is 0 Å². The molecule has 1 aliphatic heterocycles. The number of hydrogen-bond donors (Lipinski definition) is 1. The number of nitrogens with zero attached hydrogens (tertiary/aromatic N) is 2. The maximum atomic E-state index is 14.2. The van der Waals surface area contributed by atoms with E-state index in [2.05, 4.69) is 53.1 Å². The Morgan fingerprint density at radius 2 is 1.91 bits per heavy atom. The zero-order chi connectivity index (χ0) is 22.8. The molecule has 3 heterocycles. The molecule has 1 atom stereocenters. The molecule has 2 aromatic carbocycles. The van der Waals surface area contributed by atoms with E-state index >= 15 is 0 Å². The van der Waals surface area contributed by atoms with Crippen molar-refractivity contribution in [2.75, 3.05) is 31.1 Å². The minimum absolute atomic E-state index is 0.00852. The van der Waals surface area contributed by atoms with Crippen molar-refractivity contribution in [2.24, 2.45) is 0 Å². The van der Waals surface area contributed by atoms with Crippen LogP contribution in [0.25, 0.3) is 10.9 Å². The zero-order valence-electron chi connectivity index (χ0n) is 18.8. The normalized spacial score (nSPS) is 15.2. The molecule has 4 nitrogen and oxygen atoms in total.